The van der Waals surface area contributed by atoms with Crippen LogP contribution < -0.4 is 14.4 Å². The van der Waals surface area contributed by atoms with Gasteiger partial charge < -0.3 is 18.5 Å². The van der Waals surface area contributed by atoms with Crippen LogP contribution in [0, 0.1) is 0 Å². The third kappa shape index (κ3) is 85.7. The minimum atomic E-state index is -5.86. The number of halogens is 1. The van der Waals surface area contributed by atoms with E-state index in [2.05, 4.69) is 0 Å². The third-order valence-corrected chi connectivity index (χ3v) is 0. The van der Waals surface area contributed by atoms with Crippen LogP contribution >= 0.6 is 0 Å². The van der Waals surface area contributed by atoms with Crippen LogP contribution in [0.2, 0.25) is 0 Å². The van der Waals surface area contributed by atoms with Crippen molar-refractivity contribution >= 4 is 36.4 Å². The van der Waals surface area contributed by atoms with Gasteiger partial charge in [0.2, 0.25) is 0 Å². The Labute approximate surface area is 55.1 Å². The molecule has 0 bridgehead atoms. The van der Waals surface area contributed by atoms with Gasteiger partial charge in [-0.3, -0.25) is 0 Å². The van der Waals surface area contributed by atoms with Crippen molar-refractivity contribution in [3.63, 3.8) is 0 Å². The number of hydrogen-bond donors (Lipinski definition) is 0. The zero-order chi connectivity index (χ0) is 4.50. The van der Waals surface area contributed by atoms with E-state index in [-0.39, 0.29) is 27.3 Å². The van der Waals surface area contributed by atoms with Crippen molar-refractivity contribution in [2.24, 2.45) is 0 Å². The average molecular weight is 302 g/mol. The van der Waals surface area contributed by atoms with E-state index in [0.29, 0.717) is 0 Å². The first kappa shape index (κ1) is 10.0. The van der Waals surface area contributed by atoms with E-state index in [0.717, 1.165) is 0 Å². The molecule has 0 rings (SSSR count). The molecule has 0 aromatic carbocycles. The van der Waals surface area contributed by atoms with Crippen molar-refractivity contribution in [3.05, 3.63) is 0 Å². The maximum atomic E-state index is 10.2. The molecule has 0 N–H and O–H groups in total. The van der Waals surface area contributed by atoms with Crippen LogP contribution in [0.15, 0.2) is 0 Å². The van der Waals surface area contributed by atoms with Gasteiger partial charge in [-0.2, -0.15) is 0 Å². The molecule has 0 amide bonds. The zero-order valence-electron chi connectivity index (χ0n) is 2.60. The topological polar surface area (TPSA) is 69.2 Å². The molecule has 0 spiro atoms. The molecule has 0 unspecified atom stereocenters. The fourth-order valence-corrected chi connectivity index (χ4v) is 0. The summed E-state index contributed by atoms with van der Waals surface area (Å²) < 4.78 is 10.2. The molecule has 0 atom stereocenters. The van der Waals surface area contributed by atoms with Gasteiger partial charge in [0.25, 0.3) is 0 Å². The van der Waals surface area contributed by atoms with Crippen molar-refractivity contribution in [1.82, 2.24) is 0 Å². The second-order valence-electron chi connectivity index (χ2n) is 0.481. The first-order valence-corrected chi connectivity index (χ1v) is 2.40. The van der Waals surface area contributed by atoms with Gasteiger partial charge in [-0.25, -0.2) is 0 Å². The van der Waals surface area contributed by atoms with Gasteiger partial charge in [-0.1, -0.05) is 9.14 Å². The van der Waals surface area contributed by atoms with Gasteiger partial charge in [-0.05, 0) is 0 Å². The Morgan fingerprint density at radius 3 is 1.17 bits per heavy atom. The molecule has 0 aliphatic heterocycles. The predicted molar refractivity (Wildman–Crippen MR) is 12.6 cm³/mol. The molecule has 0 aromatic rings. The van der Waals surface area contributed by atoms with Gasteiger partial charge in [0.05, 0.1) is 0 Å². The van der Waals surface area contributed by atoms with E-state index in [4.69, 9.17) is 14.4 Å². The summed E-state index contributed by atoms with van der Waals surface area (Å²) in [6.07, 6.45) is 0. The zero-order valence-corrected chi connectivity index (χ0v) is 7.49. The molecule has 0 aliphatic rings. The largest absolute Gasteiger partial charge is 0.857 e. The predicted octanol–water partition coefficient (Wildman–Crippen LogP) is -3.91. The molecule has 6 heavy (non-hydrogen) atoms. The van der Waals surface area contributed by atoms with Crippen molar-refractivity contribution in [2.75, 3.05) is 0 Å². The Bertz CT molecular complexity index is 26.3. The Morgan fingerprint density at radius 2 is 1.17 bits per heavy atom. The van der Waals surface area contributed by atoms with Gasteiger partial charge in [-0.15, -0.1) is 0 Å². The van der Waals surface area contributed by atoms with Crippen LogP contribution in [-0.2, 0) is 0 Å². The average Bonchev–Trinajstić information content (AvgIpc) is 0.722. The summed E-state index contributed by atoms with van der Waals surface area (Å²) >= 11 is 0. The summed E-state index contributed by atoms with van der Waals surface area (Å²) in [6, 6.07) is 0. The van der Waals surface area contributed by atoms with Gasteiger partial charge in [0.15, 0.2) is 0 Å². The summed E-state index contributed by atoms with van der Waals surface area (Å²) in [5.41, 5.74) is 0. The van der Waals surface area contributed by atoms with E-state index < -0.39 is 9.14 Å². The van der Waals surface area contributed by atoms with E-state index in [1.807, 2.05) is 0 Å². The van der Waals surface area contributed by atoms with E-state index in [9.17, 15) is 4.11 Å². The Balaban J connectivity index is 0. The Hall–Kier alpha value is 0.949. The molecule has 0 saturated carbocycles. The maximum absolute atomic E-state index is 10.2. The van der Waals surface area contributed by atoms with Crippen molar-refractivity contribution in [3.8, 4) is 0 Å². The molecule has 0 heterocycles. The molecule has 0 aromatic heterocycles. The Kier molecular flexibility index (Phi) is 5.05. The van der Waals surface area contributed by atoms with E-state index in [1.165, 1.54) is 0 Å². The van der Waals surface area contributed by atoms with Crippen LogP contribution in [0.4, 0.5) is 4.11 Å². The summed E-state index contributed by atoms with van der Waals surface area (Å²) in [7, 11) is -5.86. The standard InChI is InChI=1S/FO3Si.Pb/c1-5(2,3)4;/q-3;. The summed E-state index contributed by atoms with van der Waals surface area (Å²) in [5, 5.41) is 0. The first-order chi connectivity index (χ1) is 2.00. The van der Waals surface area contributed by atoms with Gasteiger partial charge in [0, 0.05) is 27.3 Å². The molecule has 0 fully saturated rings. The fourth-order valence-electron chi connectivity index (χ4n) is 0. The second kappa shape index (κ2) is 3.02. The van der Waals surface area contributed by atoms with Crippen LogP contribution in [0.25, 0.3) is 0 Å². The smallest absolute Gasteiger partial charge is 0 e. The number of rotatable bonds is 0. The quantitative estimate of drug-likeness (QED) is 0.339. The number of hydrogen-bond acceptors (Lipinski definition) is 3. The van der Waals surface area contributed by atoms with E-state index in [1.54, 1.807) is 0 Å². The minimum Gasteiger partial charge on any atom is -0.857 e. The van der Waals surface area contributed by atoms with Crippen molar-refractivity contribution in [2.45, 2.75) is 0 Å². The van der Waals surface area contributed by atoms with Crippen molar-refractivity contribution in [1.29, 1.82) is 0 Å². The minimum absolute atomic E-state index is 0. The summed E-state index contributed by atoms with van der Waals surface area (Å²) in [5.74, 6) is 0. The second-order valence-corrected chi connectivity index (χ2v) is 1.44. The first-order valence-electron chi connectivity index (χ1n) is 0.801. The fraction of sp³-hybridized carbons (Fsp3) is 0. The SMILES string of the molecule is [O-][Si]([O-])([O-])F.[Pb]. The van der Waals surface area contributed by atoms with Crippen LogP contribution in [0.5, 0.6) is 0 Å². The molecule has 36 valence electrons. The summed E-state index contributed by atoms with van der Waals surface area (Å²) in [4.78, 5) is 25.4. The molecule has 0 aliphatic carbocycles. The molecular weight excluding hydrogens is 302 g/mol. The Morgan fingerprint density at radius 1 is 1.17 bits per heavy atom. The van der Waals surface area contributed by atoms with Crippen LogP contribution in [-0.4, -0.2) is 36.4 Å². The third-order valence-electron chi connectivity index (χ3n) is 0. The van der Waals surface area contributed by atoms with Crippen LogP contribution in [0.3, 0.4) is 0 Å². The summed E-state index contributed by atoms with van der Waals surface area (Å²) in [6.45, 7) is 0. The van der Waals surface area contributed by atoms with Crippen LogP contribution in [0.1, 0.15) is 0 Å². The van der Waals surface area contributed by atoms with E-state index >= 15 is 0 Å². The maximum Gasteiger partial charge on any atom is 0 e. The van der Waals surface area contributed by atoms with Gasteiger partial charge >= 0.3 is 0 Å². The molecule has 6 heteroatoms. The molecular formula is FO3PbSi-3. The van der Waals surface area contributed by atoms with Crippen molar-refractivity contribution < 1.29 is 18.5 Å². The molecule has 4 radical (unpaired) electrons. The monoisotopic (exact) mass is 303 g/mol. The molecule has 0 saturated heterocycles. The molecule has 3 nitrogen and oxygen atoms in total. The normalized spacial score (nSPS) is 10.0. The van der Waals surface area contributed by atoms with Gasteiger partial charge in [0.1, 0.15) is 0 Å².